The van der Waals surface area contributed by atoms with Gasteiger partial charge in [-0.2, -0.15) is 0 Å². The number of nitrogen functional groups attached to an aromatic ring is 1. The molecule has 0 fully saturated rings. The third-order valence-corrected chi connectivity index (χ3v) is 3.26. The van der Waals surface area contributed by atoms with Crippen LogP contribution in [0.3, 0.4) is 0 Å². The Morgan fingerprint density at radius 3 is 2.82 bits per heavy atom. The van der Waals surface area contributed by atoms with Crippen LogP contribution in [0.15, 0.2) is 46.7 Å². The van der Waals surface area contributed by atoms with Crippen molar-refractivity contribution in [2.75, 3.05) is 0 Å². The first kappa shape index (κ1) is 11.9. The smallest absolute Gasteiger partial charge is 0.123 e. The Kier molecular flexibility index (Phi) is 3.61. The zero-order valence-electron chi connectivity index (χ0n) is 8.72. The van der Waals surface area contributed by atoms with Gasteiger partial charge in [-0.1, -0.05) is 23.4 Å². The van der Waals surface area contributed by atoms with E-state index in [-0.39, 0.29) is 5.84 Å². The Balaban J connectivity index is 2.36. The Hall–Kier alpha value is -1.59. The van der Waals surface area contributed by atoms with E-state index in [1.165, 1.54) is 18.1 Å². The van der Waals surface area contributed by atoms with Crippen LogP contribution < -0.4 is 5.73 Å². The molecule has 0 aliphatic carbocycles. The highest BCUT2D eigenvalue weighted by Gasteiger charge is 2.08. The van der Waals surface area contributed by atoms with Crippen LogP contribution in [-0.2, 0) is 0 Å². The molecule has 0 amide bonds. The highest BCUT2D eigenvalue weighted by molar-refractivity contribution is 7.99. The number of rotatable bonds is 3. The first-order chi connectivity index (χ1) is 8.16. The topological polar surface area (TPSA) is 75.7 Å². The fourth-order valence-corrected chi connectivity index (χ4v) is 2.29. The van der Waals surface area contributed by atoms with Crippen molar-refractivity contribution in [3.63, 3.8) is 0 Å². The minimum Gasteiger partial charge on any atom is -0.384 e. The fourth-order valence-electron chi connectivity index (χ4n) is 1.25. The standard InChI is InChI=1S/C11H9ClN4S/c12-7-1-2-9(8(5-7)11(13)14)17-10-3-4-15-6-16-10/h1-6H,(H3,13,14). The Labute approximate surface area is 108 Å². The molecule has 2 rings (SSSR count). The molecule has 0 radical (unpaired) electrons. The van der Waals surface area contributed by atoms with Crippen molar-refractivity contribution in [1.29, 1.82) is 5.41 Å². The lowest BCUT2D eigenvalue weighted by Crippen LogP contribution is -2.12. The highest BCUT2D eigenvalue weighted by atomic mass is 35.5. The SMILES string of the molecule is N=C(N)c1cc(Cl)ccc1Sc1ccncn1. The number of hydrogen-bond donors (Lipinski definition) is 2. The lowest BCUT2D eigenvalue weighted by molar-refractivity contribution is 1.05. The van der Waals surface area contributed by atoms with E-state index >= 15 is 0 Å². The molecular weight excluding hydrogens is 256 g/mol. The second-order valence-corrected chi connectivity index (χ2v) is 4.70. The molecule has 0 saturated heterocycles. The third-order valence-electron chi connectivity index (χ3n) is 2.00. The van der Waals surface area contributed by atoms with Crippen molar-refractivity contribution in [2.24, 2.45) is 5.73 Å². The van der Waals surface area contributed by atoms with Gasteiger partial charge in [0.05, 0.1) is 0 Å². The van der Waals surface area contributed by atoms with Crippen molar-refractivity contribution in [2.45, 2.75) is 9.92 Å². The van der Waals surface area contributed by atoms with Crippen LogP contribution in [0.5, 0.6) is 0 Å². The van der Waals surface area contributed by atoms with Gasteiger partial charge in [0.25, 0.3) is 0 Å². The van der Waals surface area contributed by atoms with E-state index in [0.29, 0.717) is 10.6 Å². The number of halogens is 1. The summed E-state index contributed by atoms with van der Waals surface area (Å²) in [6.07, 6.45) is 3.14. The molecule has 6 heteroatoms. The summed E-state index contributed by atoms with van der Waals surface area (Å²) in [7, 11) is 0. The van der Waals surface area contributed by atoms with Gasteiger partial charge in [0.15, 0.2) is 0 Å². The maximum Gasteiger partial charge on any atom is 0.123 e. The largest absolute Gasteiger partial charge is 0.384 e. The molecule has 0 aliphatic heterocycles. The number of aromatic nitrogens is 2. The van der Waals surface area contributed by atoms with Crippen LogP contribution in [-0.4, -0.2) is 15.8 Å². The molecule has 4 nitrogen and oxygen atoms in total. The Bertz CT molecular complexity index is 544. The first-order valence-electron chi connectivity index (χ1n) is 4.74. The molecule has 3 N–H and O–H groups in total. The van der Waals surface area contributed by atoms with E-state index in [0.717, 1.165) is 9.92 Å². The lowest BCUT2D eigenvalue weighted by Gasteiger charge is -2.07. The summed E-state index contributed by atoms with van der Waals surface area (Å²) in [6, 6.07) is 7.06. The number of nitrogens with two attached hydrogens (primary N) is 1. The molecule has 0 atom stereocenters. The monoisotopic (exact) mass is 264 g/mol. The predicted molar refractivity (Wildman–Crippen MR) is 68.6 cm³/mol. The summed E-state index contributed by atoms with van der Waals surface area (Å²) in [5.74, 6) is -0.0101. The summed E-state index contributed by atoms with van der Waals surface area (Å²) in [5.41, 5.74) is 6.13. The molecular formula is C11H9ClN4S. The van der Waals surface area contributed by atoms with Gasteiger partial charge in [-0.15, -0.1) is 0 Å². The van der Waals surface area contributed by atoms with E-state index < -0.39 is 0 Å². The van der Waals surface area contributed by atoms with E-state index in [1.807, 2.05) is 6.07 Å². The predicted octanol–water partition coefficient (Wildman–Crippen LogP) is 2.57. The second kappa shape index (κ2) is 5.16. The normalized spacial score (nSPS) is 10.2. The van der Waals surface area contributed by atoms with Gasteiger partial charge < -0.3 is 5.73 Å². The van der Waals surface area contributed by atoms with E-state index in [2.05, 4.69) is 9.97 Å². The van der Waals surface area contributed by atoms with Crippen LogP contribution >= 0.6 is 23.4 Å². The summed E-state index contributed by atoms with van der Waals surface area (Å²) >= 11 is 7.30. The summed E-state index contributed by atoms with van der Waals surface area (Å²) < 4.78 is 0. The zero-order chi connectivity index (χ0) is 12.3. The Morgan fingerprint density at radius 1 is 1.35 bits per heavy atom. The molecule has 0 spiro atoms. The fraction of sp³-hybridized carbons (Fsp3) is 0. The maximum atomic E-state index is 7.51. The first-order valence-corrected chi connectivity index (χ1v) is 5.94. The van der Waals surface area contributed by atoms with Gasteiger partial charge in [0.1, 0.15) is 17.2 Å². The summed E-state index contributed by atoms with van der Waals surface area (Å²) in [4.78, 5) is 8.80. The van der Waals surface area contributed by atoms with Crippen LogP contribution in [0.4, 0.5) is 0 Å². The van der Waals surface area contributed by atoms with Crippen molar-refractivity contribution in [3.8, 4) is 0 Å². The average molecular weight is 265 g/mol. The minimum atomic E-state index is -0.0101. The molecule has 0 saturated carbocycles. The number of nitrogens with zero attached hydrogens (tertiary/aromatic N) is 2. The van der Waals surface area contributed by atoms with Crippen LogP contribution in [0.1, 0.15) is 5.56 Å². The van der Waals surface area contributed by atoms with Gasteiger partial charge in [-0.05, 0) is 24.3 Å². The molecule has 17 heavy (non-hydrogen) atoms. The molecule has 1 heterocycles. The van der Waals surface area contributed by atoms with E-state index in [1.54, 1.807) is 24.4 Å². The lowest BCUT2D eigenvalue weighted by atomic mass is 10.2. The van der Waals surface area contributed by atoms with Gasteiger partial charge in [-0.3, -0.25) is 5.41 Å². The van der Waals surface area contributed by atoms with Crippen molar-refractivity contribution < 1.29 is 0 Å². The number of hydrogen-bond acceptors (Lipinski definition) is 4. The average Bonchev–Trinajstić information content (AvgIpc) is 2.32. The van der Waals surface area contributed by atoms with Crippen LogP contribution in [0.2, 0.25) is 5.02 Å². The van der Waals surface area contributed by atoms with Crippen molar-refractivity contribution in [1.82, 2.24) is 9.97 Å². The van der Waals surface area contributed by atoms with Crippen molar-refractivity contribution >= 4 is 29.2 Å². The van der Waals surface area contributed by atoms with Gasteiger partial charge in [0, 0.05) is 21.7 Å². The summed E-state index contributed by atoms with van der Waals surface area (Å²) in [5, 5.41) is 8.87. The third kappa shape index (κ3) is 2.95. The molecule has 1 aromatic heterocycles. The molecule has 2 aromatic rings. The number of amidine groups is 1. The second-order valence-electron chi connectivity index (χ2n) is 3.20. The molecule has 0 aliphatic rings. The molecule has 0 bridgehead atoms. The van der Waals surface area contributed by atoms with E-state index in [4.69, 9.17) is 22.7 Å². The quantitative estimate of drug-likeness (QED) is 0.508. The van der Waals surface area contributed by atoms with Gasteiger partial charge >= 0.3 is 0 Å². The summed E-state index contributed by atoms with van der Waals surface area (Å²) in [6.45, 7) is 0. The maximum absolute atomic E-state index is 7.51. The minimum absolute atomic E-state index is 0.0101. The van der Waals surface area contributed by atoms with Crippen LogP contribution in [0.25, 0.3) is 0 Å². The molecule has 86 valence electrons. The van der Waals surface area contributed by atoms with E-state index in [9.17, 15) is 0 Å². The zero-order valence-corrected chi connectivity index (χ0v) is 10.3. The highest BCUT2D eigenvalue weighted by Crippen LogP contribution is 2.30. The number of nitrogens with one attached hydrogen (secondary N) is 1. The van der Waals surface area contributed by atoms with Crippen LogP contribution in [0, 0.1) is 5.41 Å². The molecule has 0 unspecified atom stereocenters. The Morgan fingerprint density at radius 2 is 2.18 bits per heavy atom. The number of benzene rings is 1. The van der Waals surface area contributed by atoms with Gasteiger partial charge in [0.2, 0.25) is 0 Å². The van der Waals surface area contributed by atoms with Crippen molar-refractivity contribution in [3.05, 3.63) is 47.4 Å². The molecule has 1 aromatic carbocycles. The van der Waals surface area contributed by atoms with Gasteiger partial charge in [-0.25, -0.2) is 9.97 Å².